The third-order valence-corrected chi connectivity index (χ3v) is 5.09. The maximum atomic E-state index is 5.29. The van der Waals surface area contributed by atoms with Gasteiger partial charge in [0.05, 0.1) is 18.5 Å². The van der Waals surface area contributed by atoms with E-state index < -0.39 is 0 Å². The quantitative estimate of drug-likeness (QED) is 0.407. The molecule has 0 saturated heterocycles. The van der Waals surface area contributed by atoms with Crippen LogP contribution in [-0.2, 0) is 0 Å². The van der Waals surface area contributed by atoms with Gasteiger partial charge in [-0.05, 0) is 31.2 Å². The summed E-state index contributed by atoms with van der Waals surface area (Å²) < 4.78 is 7.32. The van der Waals surface area contributed by atoms with Crippen molar-refractivity contribution in [2.75, 3.05) is 7.11 Å². The lowest BCUT2D eigenvalue weighted by Gasteiger charge is -2.11. The number of fused-ring (bicyclic) bond motifs is 1. The molecule has 0 bridgehead atoms. The van der Waals surface area contributed by atoms with Crippen molar-refractivity contribution in [3.63, 3.8) is 0 Å². The number of imidazole rings is 1. The van der Waals surface area contributed by atoms with Crippen LogP contribution in [0.4, 0.5) is 0 Å². The van der Waals surface area contributed by atoms with Crippen molar-refractivity contribution in [3.05, 3.63) is 90.8 Å². The summed E-state index contributed by atoms with van der Waals surface area (Å²) in [5, 5.41) is 0. The van der Waals surface area contributed by atoms with Crippen molar-refractivity contribution < 1.29 is 4.74 Å². The maximum Gasteiger partial charge on any atom is 0.198 e. The molecule has 0 N–H and O–H groups in total. The summed E-state index contributed by atoms with van der Waals surface area (Å²) in [5.74, 6) is 1.64. The molecule has 146 valence electrons. The molecular weight excluding hydrogens is 372 g/mol. The van der Waals surface area contributed by atoms with Crippen LogP contribution < -0.4 is 4.74 Å². The second kappa shape index (κ2) is 7.44. The smallest absolute Gasteiger partial charge is 0.198 e. The van der Waals surface area contributed by atoms with E-state index in [9.17, 15) is 0 Å². The number of hydrogen-bond donors (Lipinski definition) is 0. The van der Waals surface area contributed by atoms with Crippen LogP contribution in [0.3, 0.4) is 0 Å². The third-order valence-electron chi connectivity index (χ3n) is 5.09. The zero-order valence-corrected chi connectivity index (χ0v) is 16.8. The number of aromatic nitrogens is 4. The first-order chi connectivity index (χ1) is 14.7. The SMILES string of the molecule is COc1ccc(-n2c(C)nc3nc(-c4ccccc4)c(-c4ccccc4)nc32)cc1. The van der Waals surface area contributed by atoms with Crippen molar-refractivity contribution >= 4 is 11.3 Å². The van der Waals surface area contributed by atoms with E-state index in [1.807, 2.05) is 72.2 Å². The lowest BCUT2D eigenvalue weighted by Crippen LogP contribution is -2.01. The van der Waals surface area contributed by atoms with Crippen LogP contribution >= 0.6 is 0 Å². The van der Waals surface area contributed by atoms with E-state index >= 15 is 0 Å². The molecule has 0 aliphatic heterocycles. The molecule has 5 heteroatoms. The Balaban J connectivity index is 1.78. The van der Waals surface area contributed by atoms with Gasteiger partial charge in [-0.2, -0.15) is 0 Å². The number of aryl methyl sites for hydroxylation is 1. The molecular formula is C25H20N4O. The Labute approximate surface area is 174 Å². The van der Waals surface area contributed by atoms with Gasteiger partial charge in [0.15, 0.2) is 11.3 Å². The molecule has 2 heterocycles. The zero-order chi connectivity index (χ0) is 20.5. The highest BCUT2D eigenvalue weighted by molar-refractivity contribution is 5.84. The molecule has 0 aliphatic rings. The predicted molar refractivity (Wildman–Crippen MR) is 119 cm³/mol. The summed E-state index contributed by atoms with van der Waals surface area (Å²) in [6, 6.07) is 28.2. The molecule has 0 saturated carbocycles. The second-order valence-electron chi connectivity index (χ2n) is 6.99. The molecule has 3 aromatic carbocycles. The van der Waals surface area contributed by atoms with Crippen LogP contribution in [0.1, 0.15) is 5.82 Å². The first-order valence-electron chi connectivity index (χ1n) is 9.77. The highest BCUT2D eigenvalue weighted by atomic mass is 16.5. The van der Waals surface area contributed by atoms with Crippen molar-refractivity contribution in [2.45, 2.75) is 6.92 Å². The van der Waals surface area contributed by atoms with E-state index in [2.05, 4.69) is 24.3 Å². The van der Waals surface area contributed by atoms with Gasteiger partial charge in [0, 0.05) is 16.8 Å². The van der Waals surface area contributed by atoms with E-state index in [-0.39, 0.29) is 0 Å². The normalized spacial score (nSPS) is 11.0. The fourth-order valence-corrected chi connectivity index (χ4v) is 3.63. The fraction of sp³-hybridized carbons (Fsp3) is 0.0800. The molecule has 5 rings (SSSR count). The summed E-state index contributed by atoms with van der Waals surface area (Å²) in [7, 11) is 1.66. The minimum atomic E-state index is 0.627. The maximum absolute atomic E-state index is 5.29. The molecule has 0 spiro atoms. The van der Waals surface area contributed by atoms with Crippen LogP contribution in [0.15, 0.2) is 84.9 Å². The lowest BCUT2D eigenvalue weighted by molar-refractivity contribution is 0.414. The minimum Gasteiger partial charge on any atom is -0.497 e. The number of rotatable bonds is 4. The lowest BCUT2D eigenvalue weighted by atomic mass is 10.0. The van der Waals surface area contributed by atoms with Gasteiger partial charge >= 0.3 is 0 Å². The van der Waals surface area contributed by atoms with Crippen LogP contribution in [-0.4, -0.2) is 26.6 Å². The number of nitrogens with zero attached hydrogens (tertiary/aromatic N) is 4. The van der Waals surface area contributed by atoms with E-state index in [1.165, 1.54) is 0 Å². The Morgan fingerprint density at radius 3 is 1.80 bits per heavy atom. The monoisotopic (exact) mass is 392 g/mol. The topological polar surface area (TPSA) is 52.8 Å². The summed E-state index contributed by atoms with van der Waals surface area (Å²) in [5.41, 5.74) is 6.03. The van der Waals surface area contributed by atoms with E-state index in [0.717, 1.165) is 45.4 Å². The average molecular weight is 392 g/mol. The standard InChI is InChI=1S/C25H20N4O/c1-17-26-24-25(29(17)20-13-15-21(30-2)16-14-20)28-23(19-11-7-4-8-12-19)22(27-24)18-9-5-3-6-10-18/h3-16H,1-2H3. The summed E-state index contributed by atoms with van der Waals surface area (Å²) in [6.07, 6.45) is 0. The highest BCUT2D eigenvalue weighted by Crippen LogP contribution is 2.32. The number of ether oxygens (including phenoxy) is 1. The number of hydrogen-bond acceptors (Lipinski definition) is 4. The summed E-state index contributed by atoms with van der Waals surface area (Å²) in [6.45, 7) is 1.97. The first kappa shape index (κ1) is 18.1. The highest BCUT2D eigenvalue weighted by Gasteiger charge is 2.18. The zero-order valence-electron chi connectivity index (χ0n) is 16.8. The molecule has 0 amide bonds. The van der Waals surface area contributed by atoms with E-state index in [4.69, 9.17) is 19.7 Å². The molecule has 5 aromatic rings. The van der Waals surface area contributed by atoms with Crippen molar-refractivity contribution in [1.82, 2.24) is 19.5 Å². The van der Waals surface area contributed by atoms with Gasteiger partial charge in [-0.1, -0.05) is 60.7 Å². The van der Waals surface area contributed by atoms with Gasteiger partial charge in [0.2, 0.25) is 0 Å². The Morgan fingerprint density at radius 2 is 1.23 bits per heavy atom. The van der Waals surface area contributed by atoms with Crippen molar-refractivity contribution in [1.29, 1.82) is 0 Å². The predicted octanol–water partition coefficient (Wildman–Crippen LogP) is 5.47. The van der Waals surface area contributed by atoms with Gasteiger partial charge in [0.1, 0.15) is 11.6 Å². The fourth-order valence-electron chi connectivity index (χ4n) is 3.63. The van der Waals surface area contributed by atoms with Crippen molar-refractivity contribution in [2.24, 2.45) is 0 Å². The number of methoxy groups -OCH3 is 1. The van der Waals surface area contributed by atoms with Crippen LogP contribution in [0, 0.1) is 6.92 Å². The summed E-state index contributed by atoms with van der Waals surface area (Å²) >= 11 is 0. The van der Waals surface area contributed by atoms with Crippen molar-refractivity contribution in [3.8, 4) is 34.0 Å². The Bertz CT molecular complexity index is 1310. The molecule has 0 aliphatic carbocycles. The molecule has 5 nitrogen and oxygen atoms in total. The first-order valence-corrected chi connectivity index (χ1v) is 9.77. The summed E-state index contributed by atoms with van der Waals surface area (Å²) in [4.78, 5) is 14.7. The van der Waals surface area contributed by atoms with Gasteiger partial charge in [-0.3, -0.25) is 4.57 Å². The van der Waals surface area contributed by atoms with Crippen LogP contribution in [0.5, 0.6) is 5.75 Å². The molecule has 0 unspecified atom stereocenters. The van der Waals surface area contributed by atoms with Gasteiger partial charge in [-0.25, -0.2) is 15.0 Å². The Kier molecular flexibility index (Phi) is 4.48. The molecule has 0 atom stereocenters. The van der Waals surface area contributed by atoms with Crippen LogP contribution in [0.2, 0.25) is 0 Å². The van der Waals surface area contributed by atoms with Gasteiger partial charge < -0.3 is 4.74 Å². The van der Waals surface area contributed by atoms with Gasteiger partial charge in [-0.15, -0.1) is 0 Å². The minimum absolute atomic E-state index is 0.627. The number of benzene rings is 3. The molecule has 0 radical (unpaired) electrons. The molecule has 2 aromatic heterocycles. The Morgan fingerprint density at radius 1 is 0.667 bits per heavy atom. The van der Waals surface area contributed by atoms with Gasteiger partial charge in [0.25, 0.3) is 0 Å². The average Bonchev–Trinajstić information content (AvgIpc) is 3.14. The van der Waals surface area contributed by atoms with Crippen LogP contribution in [0.25, 0.3) is 39.5 Å². The molecule has 0 fully saturated rings. The Hall–Kier alpha value is -3.99. The van der Waals surface area contributed by atoms with E-state index in [1.54, 1.807) is 7.11 Å². The largest absolute Gasteiger partial charge is 0.497 e. The third kappa shape index (κ3) is 3.10. The molecule has 30 heavy (non-hydrogen) atoms. The second-order valence-corrected chi connectivity index (χ2v) is 6.99. The van der Waals surface area contributed by atoms with E-state index in [0.29, 0.717) is 5.65 Å².